The summed E-state index contributed by atoms with van der Waals surface area (Å²) in [7, 11) is 0. The van der Waals surface area contributed by atoms with Crippen molar-refractivity contribution in [3.63, 3.8) is 0 Å². The molecule has 1 aromatic carbocycles. The average Bonchev–Trinajstić information content (AvgIpc) is 2.56. The summed E-state index contributed by atoms with van der Waals surface area (Å²) in [5.41, 5.74) is 3.22. The summed E-state index contributed by atoms with van der Waals surface area (Å²) < 4.78 is 5.26. The second-order valence-corrected chi connectivity index (χ2v) is 5.82. The Morgan fingerprint density at radius 3 is 2.54 bits per heavy atom. The molecule has 0 aliphatic carbocycles. The summed E-state index contributed by atoms with van der Waals surface area (Å²) in [5.74, 6) is 0.433. The zero-order valence-corrected chi connectivity index (χ0v) is 14.9. The van der Waals surface area contributed by atoms with Gasteiger partial charge < -0.3 is 9.84 Å². The first-order chi connectivity index (χ1) is 11.7. The predicted molar refractivity (Wildman–Crippen MR) is 97.6 cm³/mol. The number of ether oxygens (including phenoxy) is 1. The first-order valence-corrected chi connectivity index (χ1v) is 8.95. The molecule has 0 heterocycles. The van der Waals surface area contributed by atoms with Crippen LogP contribution in [0.5, 0.6) is 11.5 Å². The van der Waals surface area contributed by atoms with Crippen LogP contribution in [0.4, 0.5) is 0 Å². The third-order valence-corrected chi connectivity index (χ3v) is 3.69. The van der Waals surface area contributed by atoms with Crippen molar-refractivity contribution in [2.24, 2.45) is 5.10 Å². The molecule has 0 radical (unpaired) electrons. The second kappa shape index (κ2) is 12.4. The molecule has 1 amide bonds. The molecule has 0 aliphatic heterocycles. The smallest absolute Gasteiger partial charge is 0.240 e. The normalized spacial score (nSPS) is 10.9. The van der Waals surface area contributed by atoms with Crippen LogP contribution < -0.4 is 10.2 Å². The first kappa shape index (κ1) is 20.0. The number of unbranched alkanes of at least 4 members (excludes halogenated alkanes) is 6. The number of aromatic hydroxyl groups is 1. The molecule has 0 bridgehead atoms. The van der Waals surface area contributed by atoms with Crippen LogP contribution in [0.1, 0.15) is 70.8 Å². The molecule has 0 spiro atoms. The molecule has 0 aliphatic rings. The van der Waals surface area contributed by atoms with E-state index in [4.69, 9.17) is 4.74 Å². The summed E-state index contributed by atoms with van der Waals surface area (Å²) in [6.45, 7) is 4.56. The number of benzene rings is 1. The van der Waals surface area contributed by atoms with E-state index in [2.05, 4.69) is 17.5 Å². The highest BCUT2D eigenvalue weighted by Crippen LogP contribution is 2.25. The highest BCUT2D eigenvalue weighted by atomic mass is 16.5. The van der Waals surface area contributed by atoms with Crippen molar-refractivity contribution in [1.82, 2.24) is 5.43 Å². The van der Waals surface area contributed by atoms with Gasteiger partial charge in [-0.15, -0.1) is 0 Å². The lowest BCUT2D eigenvalue weighted by Gasteiger charge is -2.05. The van der Waals surface area contributed by atoms with E-state index in [1.54, 1.807) is 18.2 Å². The third kappa shape index (κ3) is 8.56. The van der Waals surface area contributed by atoms with Gasteiger partial charge in [0.15, 0.2) is 11.5 Å². The fourth-order valence-electron chi connectivity index (χ4n) is 2.37. The van der Waals surface area contributed by atoms with E-state index in [1.807, 2.05) is 6.92 Å². The van der Waals surface area contributed by atoms with Crippen LogP contribution in [0.3, 0.4) is 0 Å². The van der Waals surface area contributed by atoms with E-state index < -0.39 is 0 Å². The minimum atomic E-state index is -0.0741. The molecule has 0 aromatic heterocycles. The Balaban J connectivity index is 2.21. The molecule has 5 nitrogen and oxygen atoms in total. The van der Waals surface area contributed by atoms with Crippen molar-refractivity contribution in [3.05, 3.63) is 23.8 Å². The van der Waals surface area contributed by atoms with E-state index in [-0.39, 0.29) is 11.7 Å². The predicted octanol–water partition coefficient (Wildman–Crippen LogP) is 4.38. The van der Waals surface area contributed by atoms with Crippen LogP contribution >= 0.6 is 0 Å². The van der Waals surface area contributed by atoms with E-state index in [0.717, 1.165) is 12.8 Å². The van der Waals surface area contributed by atoms with Gasteiger partial charge in [-0.2, -0.15) is 5.10 Å². The van der Waals surface area contributed by atoms with Crippen LogP contribution in [-0.4, -0.2) is 23.8 Å². The Labute approximate surface area is 145 Å². The number of amides is 1. The Morgan fingerprint density at radius 2 is 1.88 bits per heavy atom. The zero-order valence-electron chi connectivity index (χ0n) is 14.9. The highest BCUT2D eigenvalue weighted by Gasteiger charge is 2.02. The molecule has 1 rings (SSSR count). The van der Waals surface area contributed by atoms with Gasteiger partial charge in [0.1, 0.15) is 0 Å². The lowest BCUT2D eigenvalue weighted by Crippen LogP contribution is -2.16. The number of hydrogen-bond acceptors (Lipinski definition) is 4. The Hall–Kier alpha value is -2.04. The number of nitrogens with zero attached hydrogens (tertiary/aromatic N) is 1. The van der Waals surface area contributed by atoms with Crippen molar-refractivity contribution in [2.45, 2.75) is 65.2 Å². The number of phenolic OH excluding ortho intramolecular Hbond substituents is 1. The summed E-state index contributed by atoms with van der Waals surface area (Å²) in [6, 6.07) is 5.01. The molecular weight excluding hydrogens is 304 g/mol. The van der Waals surface area contributed by atoms with Gasteiger partial charge in [0.05, 0.1) is 12.8 Å². The maximum Gasteiger partial charge on any atom is 0.240 e. The minimum Gasteiger partial charge on any atom is -0.504 e. The van der Waals surface area contributed by atoms with Gasteiger partial charge in [0.2, 0.25) is 5.91 Å². The lowest BCUT2D eigenvalue weighted by molar-refractivity contribution is -0.121. The summed E-state index contributed by atoms with van der Waals surface area (Å²) in [5, 5.41) is 13.7. The molecule has 0 saturated carbocycles. The van der Waals surface area contributed by atoms with Crippen molar-refractivity contribution in [2.75, 3.05) is 6.61 Å². The molecule has 134 valence electrons. The number of rotatable bonds is 12. The van der Waals surface area contributed by atoms with Gasteiger partial charge in [-0.25, -0.2) is 5.43 Å². The van der Waals surface area contributed by atoms with E-state index in [0.29, 0.717) is 24.3 Å². The fraction of sp³-hybridized carbons (Fsp3) is 0.579. The van der Waals surface area contributed by atoms with Crippen molar-refractivity contribution >= 4 is 12.1 Å². The van der Waals surface area contributed by atoms with Gasteiger partial charge in [-0.3, -0.25) is 4.79 Å². The number of hydrazone groups is 1. The maximum absolute atomic E-state index is 11.7. The second-order valence-electron chi connectivity index (χ2n) is 5.82. The quantitative estimate of drug-likeness (QED) is 0.338. The average molecular weight is 334 g/mol. The Bertz CT molecular complexity index is 515. The highest BCUT2D eigenvalue weighted by molar-refractivity contribution is 5.83. The monoisotopic (exact) mass is 334 g/mol. The maximum atomic E-state index is 11.7. The molecule has 0 unspecified atom stereocenters. The SMILES string of the molecule is CCCCCCCCCC(=O)NN=Cc1ccc(OCC)c(O)c1. The van der Waals surface area contributed by atoms with Gasteiger partial charge >= 0.3 is 0 Å². The first-order valence-electron chi connectivity index (χ1n) is 8.95. The van der Waals surface area contributed by atoms with E-state index in [9.17, 15) is 9.90 Å². The molecule has 0 saturated heterocycles. The van der Waals surface area contributed by atoms with Gasteiger partial charge in [0.25, 0.3) is 0 Å². The van der Waals surface area contributed by atoms with Gasteiger partial charge in [-0.05, 0) is 37.1 Å². The molecule has 24 heavy (non-hydrogen) atoms. The summed E-state index contributed by atoms with van der Waals surface area (Å²) in [4.78, 5) is 11.7. The van der Waals surface area contributed by atoms with Crippen LogP contribution in [0, 0.1) is 0 Å². The summed E-state index contributed by atoms with van der Waals surface area (Å²) >= 11 is 0. The molecule has 1 aromatic rings. The number of phenols is 1. The van der Waals surface area contributed by atoms with Gasteiger partial charge in [-0.1, -0.05) is 45.4 Å². The topological polar surface area (TPSA) is 70.9 Å². The molecule has 2 N–H and O–H groups in total. The van der Waals surface area contributed by atoms with Crippen LogP contribution in [0.25, 0.3) is 0 Å². The van der Waals surface area contributed by atoms with Gasteiger partial charge in [0, 0.05) is 6.42 Å². The van der Waals surface area contributed by atoms with E-state index >= 15 is 0 Å². The fourth-order valence-corrected chi connectivity index (χ4v) is 2.37. The van der Waals surface area contributed by atoms with E-state index in [1.165, 1.54) is 38.3 Å². The molecule has 0 atom stereocenters. The van der Waals surface area contributed by atoms with Crippen LogP contribution in [-0.2, 0) is 4.79 Å². The standard InChI is InChI=1S/C19H30N2O3/c1-3-5-6-7-8-9-10-11-19(23)21-20-15-16-12-13-18(24-4-2)17(22)14-16/h12-15,22H,3-11H2,1-2H3,(H,21,23). The van der Waals surface area contributed by atoms with Crippen LogP contribution in [0.2, 0.25) is 0 Å². The van der Waals surface area contributed by atoms with Crippen molar-refractivity contribution in [1.29, 1.82) is 0 Å². The summed E-state index contributed by atoms with van der Waals surface area (Å²) in [6.07, 6.45) is 10.3. The lowest BCUT2D eigenvalue weighted by atomic mass is 10.1. The number of hydrogen-bond donors (Lipinski definition) is 2. The molecule has 0 fully saturated rings. The largest absolute Gasteiger partial charge is 0.504 e. The van der Waals surface area contributed by atoms with Crippen LogP contribution in [0.15, 0.2) is 23.3 Å². The van der Waals surface area contributed by atoms with Crippen molar-refractivity contribution < 1.29 is 14.6 Å². The Kier molecular flexibility index (Phi) is 10.3. The zero-order chi connectivity index (χ0) is 17.6. The number of carbonyl (C=O) groups is 1. The number of carbonyl (C=O) groups excluding carboxylic acids is 1. The third-order valence-electron chi connectivity index (χ3n) is 3.69. The van der Waals surface area contributed by atoms with Crippen molar-refractivity contribution in [3.8, 4) is 11.5 Å². The Morgan fingerprint density at radius 1 is 1.17 bits per heavy atom. The molecular formula is C19H30N2O3. The minimum absolute atomic E-state index is 0.0650. The number of nitrogens with one attached hydrogen (secondary N) is 1. The molecule has 5 heteroatoms.